The Bertz CT molecular complexity index is 275. The van der Waals surface area contributed by atoms with Gasteiger partial charge in [0.15, 0.2) is 0 Å². The summed E-state index contributed by atoms with van der Waals surface area (Å²) in [5, 5.41) is 19.6. The van der Waals surface area contributed by atoms with Crippen molar-refractivity contribution in [1.82, 2.24) is 4.90 Å². The number of rotatable bonds is 3. The first-order chi connectivity index (χ1) is 8.99. The summed E-state index contributed by atoms with van der Waals surface area (Å²) in [5.41, 5.74) is 0. The Morgan fingerprint density at radius 3 is 2.53 bits per heavy atom. The predicted molar refractivity (Wildman–Crippen MR) is 74.9 cm³/mol. The van der Waals surface area contributed by atoms with E-state index in [4.69, 9.17) is 4.74 Å². The normalized spacial score (nSPS) is 45.3. The fraction of sp³-hybridized carbons (Fsp3) is 1.00. The molecule has 0 aromatic carbocycles. The summed E-state index contributed by atoms with van der Waals surface area (Å²) >= 11 is 0. The van der Waals surface area contributed by atoms with Gasteiger partial charge in [-0.2, -0.15) is 0 Å². The standard InChI is InChI=1S/C15H29NO3/c1-10-4-11(2)14(15(18)5-10)8-16-6-12(3)19-13(7-16)9-17/h10-15,17-18H,4-9H2,1-3H3. The van der Waals surface area contributed by atoms with Crippen LogP contribution in [0.2, 0.25) is 0 Å². The van der Waals surface area contributed by atoms with E-state index in [0.29, 0.717) is 17.8 Å². The molecule has 4 nitrogen and oxygen atoms in total. The van der Waals surface area contributed by atoms with Crippen LogP contribution < -0.4 is 0 Å². The van der Waals surface area contributed by atoms with Crippen molar-refractivity contribution in [3.05, 3.63) is 0 Å². The number of aliphatic hydroxyl groups excluding tert-OH is 2. The molecule has 2 rings (SSSR count). The molecule has 1 aliphatic heterocycles. The summed E-state index contributed by atoms with van der Waals surface area (Å²) in [5.74, 6) is 1.57. The molecule has 0 bridgehead atoms. The smallest absolute Gasteiger partial charge is 0.0936 e. The molecule has 19 heavy (non-hydrogen) atoms. The zero-order valence-electron chi connectivity index (χ0n) is 12.5. The zero-order chi connectivity index (χ0) is 14.0. The van der Waals surface area contributed by atoms with E-state index < -0.39 is 0 Å². The van der Waals surface area contributed by atoms with Gasteiger partial charge in [0.25, 0.3) is 0 Å². The molecule has 2 fully saturated rings. The van der Waals surface area contributed by atoms with E-state index in [-0.39, 0.29) is 24.9 Å². The lowest BCUT2D eigenvalue weighted by molar-refractivity contribution is -0.107. The molecule has 1 heterocycles. The van der Waals surface area contributed by atoms with Crippen molar-refractivity contribution in [2.75, 3.05) is 26.2 Å². The van der Waals surface area contributed by atoms with Crippen LogP contribution in [0.4, 0.5) is 0 Å². The number of morpholine rings is 1. The highest BCUT2D eigenvalue weighted by atomic mass is 16.5. The van der Waals surface area contributed by atoms with Gasteiger partial charge < -0.3 is 14.9 Å². The van der Waals surface area contributed by atoms with Crippen molar-refractivity contribution in [2.45, 2.75) is 51.9 Å². The van der Waals surface area contributed by atoms with Crippen molar-refractivity contribution in [3.63, 3.8) is 0 Å². The molecule has 1 saturated carbocycles. The monoisotopic (exact) mass is 271 g/mol. The molecule has 2 aliphatic rings. The van der Waals surface area contributed by atoms with Gasteiger partial charge in [-0.3, -0.25) is 4.90 Å². The van der Waals surface area contributed by atoms with Crippen molar-refractivity contribution in [2.24, 2.45) is 17.8 Å². The molecular formula is C15H29NO3. The Hall–Kier alpha value is -0.160. The third-order valence-corrected chi connectivity index (χ3v) is 4.72. The van der Waals surface area contributed by atoms with Crippen LogP contribution in [0.5, 0.6) is 0 Å². The van der Waals surface area contributed by atoms with E-state index >= 15 is 0 Å². The van der Waals surface area contributed by atoms with Gasteiger partial charge in [-0.1, -0.05) is 13.8 Å². The SMILES string of the molecule is CC1CC(C)C(CN2CC(C)OC(CO)C2)C(O)C1. The second-order valence-electron chi connectivity index (χ2n) is 6.75. The highest BCUT2D eigenvalue weighted by Crippen LogP contribution is 2.34. The molecule has 6 unspecified atom stereocenters. The molecule has 0 aromatic rings. The number of ether oxygens (including phenoxy) is 1. The van der Waals surface area contributed by atoms with Crippen LogP contribution in [-0.4, -0.2) is 59.7 Å². The van der Waals surface area contributed by atoms with Gasteiger partial charge in [0.05, 0.1) is 24.9 Å². The van der Waals surface area contributed by atoms with E-state index in [2.05, 4.69) is 25.7 Å². The van der Waals surface area contributed by atoms with Gasteiger partial charge in [0.1, 0.15) is 0 Å². The maximum Gasteiger partial charge on any atom is 0.0936 e. The first-order valence-electron chi connectivity index (χ1n) is 7.66. The van der Waals surface area contributed by atoms with E-state index in [0.717, 1.165) is 26.1 Å². The molecule has 0 radical (unpaired) electrons. The second-order valence-corrected chi connectivity index (χ2v) is 6.75. The van der Waals surface area contributed by atoms with Gasteiger partial charge in [-0.25, -0.2) is 0 Å². The molecule has 1 saturated heterocycles. The number of nitrogens with zero attached hydrogens (tertiary/aromatic N) is 1. The molecule has 4 heteroatoms. The summed E-state index contributed by atoms with van der Waals surface area (Å²) in [6, 6.07) is 0. The highest BCUT2D eigenvalue weighted by molar-refractivity contribution is 4.86. The van der Waals surface area contributed by atoms with Crippen LogP contribution in [0.25, 0.3) is 0 Å². The Labute approximate surface area is 116 Å². The Morgan fingerprint density at radius 2 is 1.89 bits per heavy atom. The third-order valence-electron chi connectivity index (χ3n) is 4.72. The molecule has 0 spiro atoms. The minimum Gasteiger partial charge on any atom is -0.394 e. The van der Waals surface area contributed by atoms with Crippen LogP contribution in [0.1, 0.15) is 33.6 Å². The van der Waals surface area contributed by atoms with Crippen LogP contribution in [-0.2, 0) is 4.74 Å². The molecule has 2 N–H and O–H groups in total. The number of hydrogen-bond donors (Lipinski definition) is 2. The van der Waals surface area contributed by atoms with Gasteiger partial charge in [-0.15, -0.1) is 0 Å². The lowest BCUT2D eigenvalue weighted by Gasteiger charge is -2.43. The second kappa shape index (κ2) is 6.53. The Kier molecular flexibility index (Phi) is 5.23. The van der Waals surface area contributed by atoms with E-state index in [1.54, 1.807) is 0 Å². The van der Waals surface area contributed by atoms with Crippen LogP contribution >= 0.6 is 0 Å². The van der Waals surface area contributed by atoms with Crippen molar-refractivity contribution >= 4 is 0 Å². The van der Waals surface area contributed by atoms with Crippen molar-refractivity contribution in [3.8, 4) is 0 Å². The first kappa shape index (κ1) is 15.2. The maximum absolute atomic E-state index is 10.3. The molecule has 112 valence electrons. The fourth-order valence-corrected chi connectivity index (χ4v) is 3.86. The van der Waals surface area contributed by atoms with E-state index in [1.165, 1.54) is 6.42 Å². The van der Waals surface area contributed by atoms with Crippen LogP contribution in [0, 0.1) is 17.8 Å². The lowest BCUT2D eigenvalue weighted by Crippen LogP contribution is -2.52. The fourth-order valence-electron chi connectivity index (χ4n) is 3.86. The van der Waals surface area contributed by atoms with E-state index in [9.17, 15) is 10.2 Å². The lowest BCUT2D eigenvalue weighted by atomic mass is 9.73. The quantitative estimate of drug-likeness (QED) is 0.807. The summed E-state index contributed by atoms with van der Waals surface area (Å²) < 4.78 is 5.67. The minimum atomic E-state index is -0.176. The molecular weight excluding hydrogens is 242 g/mol. The van der Waals surface area contributed by atoms with Crippen LogP contribution in [0.15, 0.2) is 0 Å². The maximum atomic E-state index is 10.3. The van der Waals surface area contributed by atoms with Gasteiger partial charge in [0, 0.05) is 25.6 Å². The van der Waals surface area contributed by atoms with Crippen molar-refractivity contribution < 1.29 is 14.9 Å². The highest BCUT2D eigenvalue weighted by Gasteiger charge is 2.35. The molecule has 0 aromatic heterocycles. The average molecular weight is 271 g/mol. The Morgan fingerprint density at radius 1 is 1.16 bits per heavy atom. The largest absolute Gasteiger partial charge is 0.394 e. The molecule has 0 amide bonds. The summed E-state index contributed by atoms with van der Waals surface area (Å²) in [6.45, 7) is 9.25. The summed E-state index contributed by atoms with van der Waals surface area (Å²) in [6.07, 6.45) is 2.06. The topological polar surface area (TPSA) is 52.9 Å². The first-order valence-corrected chi connectivity index (χ1v) is 7.66. The third kappa shape index (κ3) is 3.91. The van der Waals surface area contributed by atoms with Gasteiger partial charge >= 0.3 is 0 Å². The minimum absolute atomic E-state index is 0.0706. The predicted octanol–water partition coefficient (Wildman–Crippen LogP) is 1.11. The average Bonchev–Trinajstić information content (AvgIpc) is 2.33. The number of aliphatic hydroxyl groups is 2. The zero-order valence-corrected chi connectivity index (χ0v) is 12.5. The molecule has 6 atom stereocenters. The number of hydrogen-bond acceptors (Lipinski definition) is 4. The van der Waals surface area contributed by atoms with E-state index in [1.807, 2.05) is 0 Å². The van der Waals surface area contributed by atoms with Crippen LogP contribution in [0.3, 0.4) is 0 Å². The Balaban J connectivity index is 1.92. The van der Waals surface area contributed by atoms with Gasteiger partial charge in [-0.05, 0) is 31.6 Å². The molecule has 1 aliphatic carbocycles. The van der Waals surface area contributed by atoms with Crippen molar-refractivity contribution in [1.29, 1.82) is 0 Å². The van der Waals surface area contributed by atoms with Gasteiger partial charge in [0.2, 0.25) is 0 Å². The summed E-state index contributed by atoms with van der Waals surface area (Å²) in [4.78, 5) is 2.36. The summed E-state index contributed by atoms with van der Waals surface area (Å²) in [7, 11) is 0.